The van der Waals surface area contributed by atoms with Crippen LogP contribution in [0.15, 0.2) is 48.8 Å². The first kappa shape index (κ1) is 13.1. The molecule has 0 unspecified atom stereocenters. The standard InChI is InChI=1S/C17H20N2O/c1-19-9-5-8-16(19)13-20-17-10-15(11-18-12-17)14-6-3-2-4-7-14/h2-4,6-7,10-12,16H,5,8-9,13H2,1H3/t16-/m1/s1. The number of nitrogens with zero attached hydrogens (tertiary/aromatic N) is 2. The second kappa shape index (κ2) is 6.06. The van der Waals surface area contributed by atoms with E-state index in [1.807, 2.05) is 24.4 Å². The zero-order valence-electron chi connectivity index (χ0n) is 11.8. The van der Waals surface area contributed by atoms with E-state index in [1.165, 1.54) is 24.9 Å². The summed E-state index contributed by atoms with van der Waals surface area (Å²) in [5, 5.41) is 0. The van der Waals surface area contributed by atoms with Crippen LogP contribution in [0.5, 0.6) is 5.75 Å². The predicted molar refractivity (Wildman–Crippen MR) is 80.8 cm³/mol. The van der Waals surface area contributed by atoms with Gasteiger partial charge in [0.05, 0.1) is 6.20 Å². The maximum atomic E-state index is 5.92. The van der Waals surface area contributed by atoms with Gasteiger partial charge in [-0.05, 0) is 38.1 Å². The van der Waals surface area contributed by atoms with Crippen LogP contribution in [-0.2, 0) is 0 Å². The molecule has 0 spiro atoms. The molecule has 0 bridgehead atoms. The lowest BCUT2D eigenvalue weighted by atomic mass is 10.1. The van der Waals surface area contributed by atoms with Gasteiger partial charge in [-0.2, -0.15) is 0 Å². The zero-order valence-corrected chi connectivity index (χ0v) is 11.8. The van der Waals surface area contributed by atoms with Crippen molar-refractivity contribution in [2.45, 2.75) is 18.9 Å². The van der Waals surface area contributed by atoms with Crippen molar-refractivity contribution in [3.63, 3.8) is 0 Å². The minimum Gasteiger partial charge on any atom is -0.490 e. The molecule has 0 amide bonds. The Morgan fingerprint density at radius 1 is 1.20 bits per heavy atom. The number of likely N-dealkylation sites (tertiary alicyclic amines) is 1. The van der Waals surface area contributed by atoms with Gasteiger partial charge in [-0.1, -0.05) is 30.3 Å². The molecule has 3 rings (SSSR count). The molecule has 104 valence electrons. The zero-order chi connectivity index (χ0) is 13.8. The van der Waals surface area contributed by atoms with Crippen LogP contribution in [0.3, 0.4) is 0 Å². The minimum absolute atomic E-state index is 0.537. The number of benzene rings is 1. The highest BCUT2D eigenvalue weighted by molar-refractivity contribution is 5.63. The third-order valence-electron chi connectivity index (χ3n) is 3.93. The second-order valence-corrected chi connectivity index (χ2v) is 5.36. The van der Waals surface area contributed by atoms with E-state index in [9.17, 15) is 0 Å². The summed E-state index contributed by atoms with van der Waals surface area (Å²) in [5.41, 5.74) is 2.27. The predicted octanol–water partition coefficient (Wildman–Crippen LogP) is 3.22. The molecule has 1 aromatic heterocycles. The number of aromatic nitrogens is 1. The first-order chi connectivity index (χ1) is 9.83. The Labute approximate surface area is 120 Å². The van der Waals surface area contributed by atoms with Crippen molar-refractivity contribution in [3.05, 3.63) is 48.8 Å². The van der Waals surface area contributed by atoms with Crippen molar-refractivity contribution in [1.82, 2.24) is 9.88 Å². The Hall–Kier alpha value is -1.87. The molecular weight excluding hydrogens is 248 g/mol. The van der Waals surface area contributed by atoms with Gasteiger partial charge in [0.2, 0.25) is 0 Å². The molecule has 1 aliphatic heterocycles. The summed E-state index contributed by atoms with van der Waals surface area (Å²) in [6, 6.07) is 12.9. The average Bonchev–Trinajstić information content (AvgIpc) is 2.92. The third-order valence-corrected chi connectivity index (χ3v) is 3.93. The number of rotatable bonds is 4. The summed E-state index contributed by atoms with van der Waals surface area (Å²) in [6.45, 7) is 1.92. The Morgan fingerprint density at radius 3 is 2.80 bits per heavy atom. The number of hydrogen-bond acceptors (Lipinski definition) is 3. The Morgan fingerprint density at radius 2 is 2.05 bits per heavy atom. The van der Waals surface area contributed by atoms with Crippen LogP contribution in [0.25, 0.3) is 11.1 Å². The SMILES string of the molecule is CN1CCC[C@@H]1COc1cncc(-c2ccccc2)c1. The first-order valence-electron chi connectivity index (χ1n) is 7.16. The van der Waals surface area contributed by atoms with E-state index in [2.05, 4.69) is 35.1 Å². The van der Waals surface area contributed by atoms with Gasteiger partial charge in [0.15, 0.2) is 0 Å². The summed E-state index contributed by atoms with van der Waals surface area (Å²) < 4.78 is 5.92. The topological polar surface area (TPSA) is 25.4 Å². The number of hydrogen-bond donors (Lipinski definition) is 0. The van der Waals surface area contributed by atoms with Crippen LogP contribution in [0.1, 0.15) is 12.8 Å². The normalized spacial score (nSPS) is 19.1. The molecule has 0 radical (unpaired) electrons. The molecule has 2 heterocycles. The molecule has 1 atom stereocenters. The van der Waals surface area contributed by atoms with Gasteiger partial charge in [-0.3, -0.25) is 4.98 Å². The fourth-order valence-corrected chi connectivity index (χ4v) is 2.67. The largest absolute Gasteiger partial charge is 0.490 e. The molecular formula is C17H20N2O. The molecule has 1 aromatic carbocycles. The van der Waals surface area contributed by atoms with Crippen molar-refractivity contribution >= 4 is 0 Å². The van der Waals surface area contributed by atoms with Crippen LogP contribution >= 0.6 is 0 Å². The maximum absolute atomic E-state index is 5.92. The molecule has 0 saturated carbocycles. The molecule has 20 heavy (non-hydrogen) atoms. The quantitative estimate of drug-likeness (QED) is 0.851. The molecule has 1 saturated heterocycles. The van der Waals surface area contributed by atoms with Crippen LogP contribution < -0.4 is 4.74 Å². The Bertz CT molecular complexity index is 556. The molecule has 2 aromatic rings. The van der Waals surface area contributed by atoms with Crippen molar-refractivity contribution in [2.75, 3.05) is 20.2 Å². The lowest BCUT2D eigenvalue weighted by Gasteiger charge is -2.19. The lowest BCUT2D eigenvalue weighted by molar-refractivity contribution is 0.198. The van der Waals surface area contributed by atoms with Gasteiger partial charge in [0, 0.05) is 17.8 Å². The fourth-order valence-electron chi connectivity index (χ4n) is 2.67. The summed E-state index contributed by atoms with van der Waals surface area (Å²) in [5.74, 6) is 0.853. The summed E-state index contributed by atoms with van der Waals surface area (Å²) in [6.07, 6.45) is 6.17. The smallest absolute Gasteiger partial charge is 0.138 e. The van der Waals surface area contributed by atoms with Crippen molar-refractivity contribution in [3.8, 4) is 16.9 Å². The van der Waals surface area contributed by atoms with Gasteiger partial charge >= 0.3 is 0 Å². The van der Waals surface area contributed by atoms with Gasteiger partial charge in [-0.25, -0.2) is 0 Å². The van der Waals surface area contributed by atoms with Gasteiger partial charge in [0.25, 0.3) is 0 Å². The van der Waals surface area contributed by atoms with E-state index < -0.39 is 0 Å². The Balaban J connectivity index is 1.68. The number of likely N-dealkylation sites (N-methyl/N-ethyl adjacent to an activating group) is 1. The van der Waals surface area contributed by atoms with Crippen molar-refractivity contribution in [1.29, 1.82) is 0 Å². The van der Waals surface area contributed by atoms with Crippen LogP contribution in [0.2, 0.25) is 0 Å². The molecule has 0 N–H and O–H groups in total. The first-order valence-corrected chi connectivity index (χ1v) is 7.16. The highest BCUT2D eigenvalue weighted by Crippen LogP contribution is 2.23. The van der Waals surface area contributed by atoms with E-state index in [0.29, 0.717) is 6.04 Å². The van der Waals surface area contributed by atoms with Crippen LogP contribution in [0.4, 0.5) is 0 Å². The molecule has 0 aliphatic carbocycles. The number of ether oxygens (including phenoxy) is 1. The summed E-state index contributed by atoms with van der Waals surface area (Å²) in [4.78, 5) is 6.66. The highest BCUT2D eigenvalue weighted by Gasteiger charge is 2.21. The van der Waals surface area contributed by atoms with E-state index in [-0.39, 0.29) is 0 Å². The minimum atomic E-state index is 0.537. The Kier molecular flexibility index (Phi) is 3.97. The molecule has 3 nitrogen and oxygen atoms in total. The average molecular weight is 268 g/mol. The fraction of sp³-hybridized carbons (Fsp3) is 0.353. The summed E-state index contributed by atoms with van der Waals surface area (Å²) >= 11 is 0. The van der Waals surface area contributed by atoms with Crippen LogP contribution in [-0.4, -0.2) is 36.1 Å². The molecule has 1 fully saturated rings. The van der Waals surface area contributed by atoms with Crippen molar-refractivity contribution < 1.29 is 4.74 Å². The number of pyridine rings is 1. The maximum Gasteiger partial charge on any atom is 0.138 e. The highest BCUT2D eigenvalue weighted by atomic mass is 16.5. The molecule has 1 aliphatic rings. The summed E-state index contributed by atoms with van der Waals surface area (Å²) in [7, 11) is 2.17. The molecule has 3 heteroatoms. The van der Waals surface area contributed by atoms with E-state index in [4.69, 9.17) is 4.74 Å². The third kappa shape index (κ3) is 2.99. The van der Waals surface area contributed by atoms with E-state index in [1.54, 1.807) is 6.20 Å². The van der Waals surface area contributed by atoms with Gasteiger partial charge in [-0.15, -0.1) is 0 Å². The van der Waals surface area contributed by atoms with E-state index >= 15 is 0 Å². The second-order valence-electron chi connectivity index (χ2n) is 5.36. The van der Waals surface area contributed by atoms with E-state index in [0.717, 1.165) is 17.9 Å². The van der Waals surface area contributed by atoms with Crippen LogP contribution in [0, 0.1) is 0 Å². The monoisotopic (exact) mass is 268 g/mol. The van der Waals surface area contributed by atoms with Gasteiger partial charge in [0.1, 0.15) is 12.4 Å². The van der Waals surface area contributed by atoms with Gasteiger partial charge < -0.3 is 9.64 Å². The lowest BCUT2D eigenvalue weighted by Crippen LogP contribution is -2.30. The van der Waals surface area contributed by atoms with Crippen molar-refractivity contribution in [2.24, 2.45) is 0 Å².